The molecule has 0 bridgehead atoms. The van der Waals surface area contributed by atoms with Crippen LogP contribution in [0.2, 0.25) is 0 Å². The zero-order chi connectivity index (χ0) is 32.6. The second-order valence-electron chi connectivity index (χ2n) is 11.0. The second-order valence-corrected chi connectivity index (χ2v) is 11.0. The van der Waals surface area contributed by atoms with Crippen LogP contribution in [-0.2, 0) is 27.4 Å². The number of carbonyl (C=O) groups is 2. The molecule has 11 heteroatoms. The predicted octanol–water partition coefficient (Wildman–Crippen LogP) is 5.87. The molecule has 1 aromatic heterocycles. The van der Waals surface area contributed by atoms with Crippen LogP contribution in [0.1, 0.15) is 34.3 Å². The Balaban J connectivity index is 1.57. The van der Waals surface area contributed by atoms with Crippen molar-refractivity contribution >= 4 is 17.7 Å². The zero-order valence-electron chi connectivity index (χ0n) is 25.6. The minimum absolute atomic E-state index is 0.0516. The quantitative estimate of drug-likeness (QED) is 0.123. The first-order valence-electron chi connectivity index (χ1n) is 14.9. The van der Waals surface area contributed by atoms with Gasteiger partial charge < -0.3 is 24.3 Å². The van der Waals surface area contributed by atoms with Gasteiger partial charge in [-0.05, 0) is 42.2 Å². The summed E-state index contributed by atoms with van der Waals surface area (Å²) in [6.45, 7) is 1.15. The van der Waals surface area contributed by atoms with Crippen molar-refractivity contribution in [3.63, 3.8) is 0 Å². The lowest BCUT2D eigenvalue weighted by Gasteiger charge is -2.46. The van der Waals surface area contributed by atoms with Crippen LogP contribution in [0.4, 0.5) is 19.3 Å². The van der Waals surface area contributed by atoms with Gasteiger partial charge in [0.25, 0.3) is 0 Å². The van der Waals surface area contributed by atoms with Gasteiger partial charge in [-0.2, -0.15) is 4.73 Å². The summed E-state index contributed by atoms with van der Waals surface area (Å²) in [6, 6.07) is 22.6. The summed E-state index contributed by atoms with van der Waals surface area (Å²) in [7, 11) is 2.55. The van der Waals surface area contributed by atoms with Crippen molar-refractivity contribution in [2.24, 2.45) is 0 Å². The summed E-state index contributed by atoms with van der Waals surface area (Å²) in [6.07, 6.45) is 1.93. The van der Waals surface area contributed by atoms with E-state index in [0.717, 1.165) is 23.3 Å². The summed E-state index contributed by atoms with van der Waals surface area (Å²) in [5, 5.41) is 13.5. The number of rotatable bonds is 10. The molecule has 0 saturated carbocycles. The molecule has 1 aliphatic rings. The van der Waals surface area contributed by atoms with Crippen molar-refractivity contribution < 1.29 is 37.3 Å². The molecule has 0 radical (unpaired) electrons. The number of nitrogens with zero attached hydrogens (tertiary/aromatic N) is 3. The van der Waals surface area contributed by atoms with Gasteiger partial charge in [0, 0.05) is 19.2 Å². The highest BCUT2D eigenvalue weighted by atomic mass is 19.2. The average Bonchev–Trinajstić information content (AvgIpc) is 3.08. The highest BCUT2D eigenvalue weighted by Gasteiger charge is 2.40. The molecule has 46 heavy (non-hydrogen) atoms. The number of pyridine rings is 1. The molecule has 2 unspecified atom stereocenters. The van der Waals surface area contributed by atoms with Gasteiger partial charge >= 0.3 is 12.1 Å². The molecule has 240 valence electrons. The standard InChI is InChI=1S/C35H35F2N3O6/c1-44-34(41)27-19-31(26-15-16-28(36)29(37)18-26)40(43)21-32(27)38-17-9-14-30(33(38)23-46-22-25-12-7-4-8-13-25)39(35(42)45-2)20-24-10-5-3-6-11-24/h3-8,10-13,15-16,18-19,21,30,33H,9,14,17,20,22-23H2,1-2H3. The van der Waals surface area contributed by atoms with Gasteiger partial charge in [0.15, 0.2) is 11.6 Å². The lowest BCUT2D eigenvalue weighted by atomic mass is 9.93. The van der Waals surface area contributed by atoms with Gasteiger partial charge in [-0.3, -0.25) is 4.90 Å². The van der Waals surface area contributed by atoms with Gasteiger partial charge in [0.05, 0.1) is 50.6 Å². The third kappa shape index (κ3) is 7.26. The fourth-order valence-electron chi connectivity index (χ4n) is 5.88. The minimum atomic E-state index is -1.13. The number of hydrogen-bond acceptors (Lipinski definition) is 7. The molecule has 9 nitrogen and oxygen atoms in total. The van der Waals surface area contributed by atoms with Crippen molar-refractivity contribution in [2.45, 2.75) is 38.1 Å². The van der Waals surface area contributed by atoms with Gasteiger partial charge in [-0.25, -0.2) is 18.4 Å². The van der Waals surface area contributed by atoms with Crippen molar-refractivity contribution in [1.29, 1.82) is 0 Å². The van der Waals surface area contributed by atoms with E-state index in [4.69, 9.17) is 14.2 Å². The van der Waals surface area contributed by atoms with E-state index in [0.29, 0.717) is 30.7 Å². The molecule has 4 aromatic rings. The smallest absolute Gasteiger partial charge is 0.410 e. The van der Waals surface area contributed by atoms with E-state index in [-0.39, 0.29) is 35.7 Å². The number of hydrogen-bond donors (Lipinski definition) is 0. The highest BCUT2D eigenvalue weighted by molar-refractivity contribution is 5.96. The number of halogens is 2. The fraction of sp³-hybridized carbons (Fsp3) is 0.286. The first-order chi connectivity index (χ1) is 22.3. The van der Waals surface area contributed by atoms with E-state index in [1.807, 2.05) is 65.6 Å². The third-order valence-corrected chi connectivity index (χ3v) is 8.11. The summed E-state index contributed by atoms with van der Waals surface area (Å²) >= 11 is 0. The zero-order valence-corrected chi connectivity index (χ0v) is 25.6. The van der Waals surface area contributed by atoms with Crippen molar-refractivity contribution in [1.82, 2.24) is 4.90 Å². The van der Waals surface area contributed by atoms with E-state index < -0.39 is 35.8 Å². The van der Waals surface area contributed by atoms with Gasteiger partial charge in [-0.1, -0.05) is 60.7 Å². The fourth-order valence-corrected chi connectivity index (χ4v) is 5.88. The van der Waals surface area contributed by atoms with Crippen LogP contribution in [0, 0.1) is 16.8 Å². The molecule has 0 N–H and O–H groups in total. The van der Waals surface area contributed by atoms with E-state index in [2.05, 4.69) is 0 Å². The SMILES string of the molecule is COC(=O)c1cc(-c2ccc(F)c(F)c2)[n+]([O-])cc1N1CCCC(N(Cc2ccccc2)C(=O)OC)C1COCc1ccccc1. The number of ether oxygens (including phenoxy) is 3. The van der Waals surface area contributed by atoms with Crippen molar-refractivity contribution in [3.05, 3.63) is 125 Å². The molecule has 1 saturated heterocycles. The lowest BCUT2D eigenvalue weighted by Crippen LogP contribution is -2.59. The number of anilines is 1. The molecule has 5 rings (SSSR count). The number of benzene rings is 3. The van der Waals surface area contributed by atoms with E-state index in [1.54, 1.807) is 4.90 Å². The molecule has 0 aliphatic carbocycles. The van der Waals surface area contributed by atoms with Crippen LogP contribution in [0.5, 0.6) is 0 Å². The Hall–Kier alpha value is -5.03. The van der Waals surface area contributed by atoms with E-state index in [9.17, 15) is 23.6 Å². The molecule has 2 atom stereocenters. The number of carbonyl (C=O) groups excluding carboxylic acids is 2. The normalized spacial score (nSPS) is 16.1. The monoisotopic (exact) mass is 631 g/mol. The Labute approximate surface area is 266 Å². The number of esters is 1. The van der Waals surface area contributed by atoms with E-state index in [1.165, 1.54) is 32.5 Å². The van der Waals surface area contributed by atoms with Gasteiger partial charge in [0.2, 0.25) is 11.9 Å². The van der Waals surface area contributed by atoms with Gasteiger partial charge in [-0.15, -0.1) is 0 Å². The van der Waals surface area contributed by atoms with Crippen molar-refractivity contribution in [3.8, 4) is 11.3 Å². The molecule has 3 aromatic carbocycles. The largest absolute Gasteiger partial charge is 0.618 e. The van der Waals surface area contributed by atoms with Crippen molar-refractivity contribution in [2.75, 3.05) is 32.3 Å². The summed E-state index contributed by atoms with van der Waals surface area (Å²) in [5.41, 5.74) is 2.20. The van der Waals surface area contributed by atoms with Crippen LogP contribution in [-0.4, -0.2) is 56.4 Å². The van der Waals surface area contributed by atoms with Crippen LogP contribution < -0.4 is 9.63 Å². The molecular weight excluding hydrogens is 596 g/mol. The molecule has 1 aliphatic heterocycles. The Morgan fingerprint density at radius 3 is 2.28 bits per heavy atom. The van der Waals surface area contributed by atoms with Crippen LogP contribution >= 0.6 is 0 Å². The minimum Gasteiger partial charge on any atom is -0.618 e. The number of methoxy groups -OCH3 is 2. The first-order valence-corrected chi connectivity index (χ1v) is 14.9. The second kappa shape index (κ2) is 14.8. The maximum atomic E-state index is 14.1. The average molecular weight is 632 g/mol. The van der Waals surface area contributed by atoms with Gasteiger partial charge in [0.1, 0.15) is 5.69 Å². The number of amides is 1. The topological polar surface area (TPSA) is 95.2 Å². The van der Waals surface area contributed by atoms with Crippen LogP contribution in [0.15, 0.2) is 91.1 Å². The number of aromatic nitrogens is 1. The molecule has 1 amide bonds. The van der Waals surface area contributed by atoms with Crippen LogP contribution in [0.25, 0.3) is 11.3 Å². The van der Waals surface area contributed by atoms with E-state index >= 15 is 0 Å². The maximum absolute atomic E-state index is 14.1. The maximum Gasteiger partial charge on any atom is 0.410 e. The molecule has 0 spiro atoms. The summed E-state index contributed by atoms with van der Waals surface area (Å²) < 4.78 is 44.8. The predicted molar refractivity (Wildman–Crippen MR) is 167 cm³/mol. The summed E-state index contributed by atoms with van der Waals surface area (Å²) in [4.78, 5) is 30.0. The number of piperidine rings is 1. The van der Waals surface area contributed by atoms with Crippen LogP contribution in [0.3, 0.4) is 0 Å². The Morgan fingerprint density at radius 1 is 0.935 bits per heavy atom. The Kier molecular flexibility index (Phi) is 10.4. The Morgan fingerprint density at radius 2 is 1.63 bits per heavy atom. The highest BCUT2D eigenvalue weighted by Crippen LogP contribution is 2.33. The molecule has 2 heterocycles. The summed E-state index contributed by atoms with van der Waals surface area (Å²) in [5.74, 6) is -2.91. The molecular formula is C35H35F2N3O6. The molecule has 1 fully saturated rings. The first kappa shape index (κ1) is 32.4. The Bertz CT molecular complexity index is 1660. The third-order valence-electron chi connectivity index (χ3n) is 8.11. The lowest BCUT2D eigenvalue weighted by molar-refractivity contribution is -0.593.